The Bertz CT molecular complexity index is 1300. The molecule has 0 aliphatic carbocycles. The van der Waals surface area contributed by atoms with Crippen molar-refractivity contribution in [3.63, 3.8) is 0 Å². The van der Waals surface area contributed by atoms with Crippen molar-refractivity contribution >= 4 is 68.9 Å². The zero-order chi connectivity index (χ0) is 23.8. The summed E-state index contributed by atoms with van der Waals surface area (Å²) in [5, 5.41) is 15.7. The van der Waals surface area contributed by atoms with Crippen molar-refractivity contribution in [2.24, 2.45) is 10.1 Å². The van der Waals surface area contributed by atoms with Crippen LogP contribution in [0.5, 0.6) is 0 Å². The number of amidine groups is 2. The number of hydrazone groups is 1. The fourth-order valence-corrected chi connectivity index (χ4v) is 4.71. The number of carbonyl (C=O) groups is 2. The van der Waals surface area contributed by atoms with Gasteiger partial charge in [-0.15, -0.1) is 0 Å². The van der Waals surface area contributed by atoms with Crippen LogP contribution in [0.2, 0.25) is 10.0 Å². The van der Waals surface area contributed by atoms with Crippen molar-refractivity contribution in [3.05, 3.63) is 51.7 Å². The molecule has 2 amide bonds. The number of hydrogen-bond acceptors (Lipinski definition) is 7. The van der Waals surface area contributed by atoms with Gasteiger partial charge in [0.1, 0.15) is 16.6 Å². The number of nitrogens with zero attached hydrogens (tertiary/aromatic N) is 4. The summed E-state index contributed by atoms with van der Waals surface area (Å²) in [6.45, 7) is 2.10. The molecule has 1 fully saturated rings. The van der Waals surface area contributed by atoms with E-state index in [0.717, 1.165) is 17.3 Å². The third kappa shape index (κ3) is 4.54. The van der Waals surface area contributed by atoms with E-state index in [9.17, 15) is 9.59 Å². The normalized spacial score (nSPS) is 19.4. The van der Waals surface area contributed by atoms with Crippen molar-refractivity contribution in [2.75, 3.05) is 26.3 Å². The molecule has 1 aromatic heterocycles. The van der Waals surface area contributed by atoms with Gasteiger partial charge in [-0.25, -0.2) is 0 Å². The average Bonchev–Trinajstić information content (AvgIpc) is 3.46. The van der Waals surface area contributed by atoms with Gasteiger partial charge in [-0.3, -0.25) is 15.0 Å². The molecule has 0 bridgehead atoms. The Morgan fingerprint density at radius 3 is 2.74 bits per heavy atom. The molecular formula is C22H17Cl2N5O4S. The highest BCUT2D eigenvalue weighted by atomic mass is 35.5. The molecule has 174 valence electrons. The number of morpholine rings is 1. The number of furan rings is 1. The molecule has 0 spiro atoms. The highest BCUT2D eigenvalue weighted by Crippen LogP contribution is 2.32. The van der Waals surface area contributed by atoms with Gasteiger partial charge in [0.25, 0.3) is 5.91 Å². The monoisotopic (exact) mass is 517 g/mol. The predicted molar refractivity (Wildman–Crippen MR) is 131 cm³/mol. The van der Waals surface area contributed by atoms with Gasteiger partial charge in [0.05, 0.1) is 35.3 Å². The zero-order valence-corrected chi connectivity index (χ0v) is 19.9. The van der Waals surface area contributed by atoms with Crippen molar-refractivity contribution in [1.82, 2.24) is 9.91 Å². The first-order valence-corrected chi connectivity index (χ1v) is 11.9. The minimum Gasteiger partial charge on any atom is -0.457 e. The topological polar surface area (TPSA) is 112 Å². The maximum atomic E-state index is 12.6. The van der Waals surface area contributed by atoms with E-state index in [1.54, 1.807) is 35.2 Å². The number of ether oxygens (including phenoxy) is 1. The Hall–Kier alpha value is -2.92. The van der Waals surface area contributed by atoms with E-state index in [0.29, 0.717) is 52.9 Å². The van der Waals surface area contributed by atoms with Gasteiger partial charge in [-0.05, 0) is 48.2 Å². The number of benzene rings is 1. The van der Waals surface area contributed by atoms with Crippen LogP contribution in [0.15, 0.2) is 50.4 Å². The van der Waals surface area contributed by atoms with Crippen LogP contribution < -0.4 is 0 Å². The molecule has 3 aliphatic heterocycles. The van der Waals surface area contributed by atoms with Crippen LogP contribution in [0.4, 0.5) is 0 Å². The Morgan fingerprint density at radius 2 is 1.97 bits per heavy atom. The minimum atomic E-state index is -0.577. The smallest absolute Gasteiger partial charge is 0.283 e. The first-order chi connectivity index (χ1) is 16.4. The second-order valence-electron chi connectivity index (χ2n) is 7.51. The Balaban J connectivity index is 1.33. The van der Waals surface area contributed by atoms with Crippen LogP contribution in [0, 0.1) is 5.41 Å². The number of fused-ring (bicyclic) bond motifs is 1. The first-order valence-electron chi connectivity index (χ1n) is 10.3. The van der Waals surface area contributed by atoms with E-state index in [2.05, 4.69) is 10.1 Å². The Morgan fingerprint density at radius 1 is 1.18 bits per heavy atom. The van der Waals surface area contributed by atoms with Crippen LogP contribution in [0.1, 0.15) is 12.2 Å². The number of hydrogen-bond donors (Lipinski definition) is 1. The molecule has 0 radical (unpaired) electrons. The third-order valence-electron chi connectivity index (χ3n) is 5.28. The quantitative estimate of drug-likeness (QED) is 0.610. The lowest BCUT2D eigenvalue weighted by atomic mass is 10.1. The Kier molecular flexibility index (Phi) is 6.30. The predicted octanol–water partition coefficient (Wildman–Crippen LogP) is 4.12. The lowest BCUT2D eigenvalue weighted by molar-refractivity contribution is -0.133. The van der Waals surface area contributed by atoms with Gasteiger partial charge in [-0.1, -0.05) is 23.2 Å². The fraction of sp³-hybridized carbons (Fsp3) is 0.227. The van der Waals surface area contributed by atoms with Crippen LogP contribution in [0.25, 0.3) is 17.4 Å². The molecule has 2 aromatic rings. The van der Waals surface area contributed by atoms with E-state index in [1.165, 1.54) is 11.1 Å². The summed E-state index contributed by atoms with van der Waals surface area (Å²) in [7, 11) is 0. The molecular weight excluding hydrogens is 501 g/mol. The van der Waals surface area contributed by atoms with E-state index in [4.69, 9.17) is 37.8 Å². The van der Waals surface area contributed by atoms with Crippen LogP contribution in [0.3, 0.4) is 0 Å². The molecule has 0 atom stereocenters. The van der Waals surface area contributed by atoms with Gasteiger partial charge in [-0.2, -0.15) is 15.1 Å². The van der Waals surface area contributed by atoms with Crippen LogP contribution in [-0.4, -0.2) is 64.1 Å². The van der Waals surface area contributed by atoms with Gasteiger partial charge < -0.3 is 14.1 Å². The molecule has 1 saturated heterocycles. The maximum Gasteiger partial charge on any atom is 0.283 e. The summed E-state index contributed by atoms with van der Waals surface area (Å²) >= 11 is 13.2. The first kappa shape index (κ1) is 22.9. The van der Waals surface area contributed by atoms with E-state index < -0.39 is 5.91 Å². The van der Waals surface area contributed by atoms with Crippen molar-refractivity contribution in [3.8, 4) is 11.3 Å². The summed E-state index contributed by atoms with van der Waals surface area (Å²) in [4.78, 5) is 30.9. The van der Waals surface area contributed by atoms with Gasteiger partial charge >= 0.3 is 0 Å². The molecule has 4 heterocycles. The molecule has 3 aliphatic rings. The fourth-order valence-electron chi connectivity index (χ4n) is 3.53. The van der Waals surface area contributed by atoms with E-state index >= 15 is 0 Å². The number of carbonyl (C=O) groups excluding carboxylic acids is 2. The number of halogens is 2. The maximum absolute atomic E-state index is 12.6. The molecule has 1 aromatic carbocycles. The molecule has 0 unspecified atom stereocenters. The second-order valence-corrected chi connectivity index (χ2v) is 9.37. The lowest BCUT2D eigenvalue weighted by Gasteiger charge is -2.26. The molecule has 0 saturated carbocycles. The minimum absolute atomic E-state index is 0.0314. The van der Waals surface area contributed by atoms with Gasteiger partial charge in [0.15, 0.2) is 5.84 Å². The van der Waals surface area contributed by atoms with Crippen molar-refractivity contribution in [2.45, 2.75) is 6.42 Å². The van der Waals surface area contributed by atoms with E-state index in [-0.39, 0.29) is 28.9 Å². The summed E-state index contributed by atoms with van der Waals surface area (Å²) in [6.07, 6.45) is 1.52. The zero-order valence-electron chi connectivity index (χ0n) is 17.6. The summed E-state index contributed by atoms with van der Waals surface area (Å²) in [6, 6.07) is 8.53. The standard InChI is InChI=1S/C22H17Cl2N5O4S/c23-15-3-1-12(9-16(15)24)17-4-2-13(33-17)10-14-20(25)29-22(26-21(14)31)34-18(27-29)11-19(30)28-5-7-32-8-6-28/h1-4,9-10,25H,5-8,11H2/b14-10-,25-20?. The summed E-state index contributed by atoms with van der Waals surface area (Å²) in [5.74, 6) is 0.111. The number of amides is 2. The van der Waals surface area contributed by atoms with Gasteiger partial charge in [0.2, 0.25) is 11.1 Å². The van der Waals surface area contributed by atoms with E-state index in [1.807, 2.05) is 0 Å². The largest absolute Gasteiger partial charge is 0.457 e. The second kappa shape index (κ2) is 9.38. The summed E-state index contributed by atoms with van der Waals surface area (Å²) < 4.78 is 11.1. The molecule has 1 N–H and O–H groups in total. The van der Waals surface area contributed by atoms with Crippen molar-refractivity contribution < 1.29 is 18.7 Å². The number of rotatable bonds is 4. The number of thioether (sulfide) groups is 1. The lowest BCUT2D eigenvalue weighted by Crippen LogP contribution is -2.41. The SMILES string of the molecule is N=C1/C(=C/c2ccc(-c3ccc(Cl)c(Cl)c3)o2)C(=O)N=C2SC(CC(=O)N3CCOCC3)=NN12. The highest BCUT2D eigenvalue weighted by molar-refractivity contribution is 8.27. The summed E-state index contributed by atoms with van der Waals surface area (Å²) in [5.41, 5.74) is 0.753. The highest BCUT2D eigenvalue weighted by Gasteiger charge is 2.36. The average molecular weight is 518 g/mol. The van der Waals surface area contributed by atoms with Crippen molar-refractivity contribution in [1.29, 1.82) is 5.41 Å². The molecule has 12 heteroatoms. The molecule has 9 nitrogen and oxygen atoms in total. The van der Waals surface area contributed by atoms with Crippen LogP contribution >= 0.6 is 35.0 Å². The number of aliphatic imine (C=N–C) groups is 1. The van der Waals surface area contributed by atoms with Crippen LogP contribution in [-0.2, 0) is 14.3 Å². The third-order valence-corrected chi connectivity index (χ3v) is 6.93. The number of nitrogens with one attached hydrogen (secondary N) is 1. The van der Waals surface area contributed by atoms with Gasteiger partial charge in [0, 0.05) is 18.7 Å². The molecule has 34 heavy (non-hydrogen) atoms. The molecule has 5 rings (SSSR count). The Labute approximate surface area is 208 Å².